The lowest BCUT2D eigenvalue weighted by molar-refractivity contribution is 0.111. The summed E-state index contributed by atoms with van der Waals surface area (Å²) in [6.07, 6.45) is 1.54. The summed E-state index contributed by atoms with van der Waals surface area (Å²) in [5.41, 5.74) is 4.48. The fourth-order valence-corrected chi connectivity index (χ4v) is 5.24. The van der Waals surface area contributed by atoms with E-state index >= 15 is 0 Å². The van der Waals surface area contributed by atoms with E-state index in [1.54, 1.807) is 78.9 Å². The molecule has 4 rings (SSSR count). The van der Waals surface area contributed by atoms with E-state index in [1.165, 1.54) is 31.5 Å². The molecule has 0 amide bonds. The van der Waals surface area contributed by atoms with Crippen LogP contribution in [0.15, 0.2) is 107 Å². The Labute approximate surface area is 229 Å². The highest BCUT2D eigenvalue weighted by molar-refractivity contribution is 7.89. The van der Waals surface area contributed by atoms with Crippen molar-refractivity contribution in [1.82, 2.24) is 9.03 Å². The van der Waals surface area contributed by atoms with E-state index in [4.69, 9.17) is 0 Å². The van der Waals surface area contributed by atoms with Crippen LogP contribution in [0.4, 0.5) is 0 Å². The Balaban J connectivity index is 0.000000216. The van der Waals surface area contributed by atoms with Crippen LogP contribution in [-0.2, 0) is 20.0 Å². The number of benzene rings is 4. The highest BCUT2D eigenvalue weighted by atomic mass is 32.2. The molecule has 0 fully saturated rings. The van der Waals surface area contributed by atoms with Gasteiger partial charge in [-0.15, -0.1) is 0 Å². The van der Waals surface area contributed by atoms with Crippen LogP contribution in [-0.4, -0.2) is 54.9 Å². The van der Waals surface area contributed by atoms with Gasteiger partial charge in [0.1, 0.15) is 12.6 Å². The summed E-state index contributed by atoms with van der Waals surface area (Å²) in [5.74, 6) is 0. The van der Waals surface area contributed by atoms with Gasteiger partial charge in [0.2, 0.25) is 20.0 Å². The highest BCUT2D eigenvalue weighted by Crippen LogP contribution is 2.24. The third kappa shape index (κ3) is 7.33. The Morgan fingerprint density at radius 1 is 0.590 bits per heavy atom. The number of sulfonamides is 2. The van der Waals surface area contributed by atoms with Gasteiger partial charge in [0.15, 0.2) is 0 Å². The van der Waals surface area contributed by atoms with Gasteiger partial charge in [-0.3, -0.25) is 9.59 Å². The summed E-state index contributed by atoms with van der Waals surface area (Å²) in [4.78, 5) is 21.7. The van der Waals surface area contributed by atoms with Crippen LogP contribution in [0.1, 0.15) is 20.7 Å². The molecule has 0 unspecified atom stereocenters. The lowest BCUT2D eigenvalue weighted by Crippen LogP contribution is -2.22. The Morgan fingerprint density at radius 3 is 1.38 bits per heavy atom. The van der Waals surface area contributed by atoms with Crippen molar-refractivity contribution in [3.05, 3.63) is 108 Å². The second-order valence-electron chi connectivity index (χ2n) is 8.53. The molecule has 10 heteroatoms. The topological polar surface area (TPSA) is 118 Å². The maximum atomic E-state index is 12.1. The van der Waals surface area contributed by atoms with E-state index in [-0.39, 0.29) is 9.79 Å². The van der Waals surface area contributed by atoms with Crippen LogP contribution >= 0.6 is 0 Å². The molecule has 8 nitrogen and oxygen atoms in total. The monoisotopic (exact) mass is 564 g/mol. The van der Waals surface area contributed by atoms with Crippen molar-refractivity contribution in [1.29, 1.82) is 0 Å². The molecule has 4 aromatic rings. The minimum absolute atomic E-state index is 0.215. The Bertz CT molecular complexity index is 1660. The molecule has 0 atom stereocenters. The predicted molar refractivity (Wildman–Crippen MR) is 152 cm³/mol. The van der Waals surface area contributed by atoms with Crippen molar-refractivity contribution >= 4 is 32.6 Å². The maximum Gasteiger partial charge on any atom is 0.242 e. The first-order valence-corrected chi connectivity index (χ1v) is 14.6. The smallest absolute Gasteiger partial charge is 0.242 e. The maximum absolute atomic E-state index is 12.1. The molecule has 0 heterocycles. The van der Waals surface area contributed by atoms with Gasteiger partial charge in [-0.2, -0.15) is 0 Å². The van der Waals surface area contributed by atoms with Gasteiger partial charge in [-0.05, 0) is 53.6 Å². The summed E-state index contributed by atoms with van der Waals surface area (Å²) >= 11 is 0. The molecule has 0 radical (unpaired) electrons. The summed E-state index contributed by atoms with van der Waals surface area (Å²) in [5, 5.41) is 0. The molecule has 4 aromatic carbocycles. The zero-order valence-corrected chi connectivity index (χ0v) is 23.2. The van der Waals surface area contributed by atoms with Gasteiger partial charge in [0.05, 0.1) is 9.79 Å². The Morgan fingerprint density at radius 2 is 1.00 bits per heavy atom. The number of carbonyl (C=O) groups is 2. The standard InChI is InChI=1S/C15H15NO3S.C14H13NO3S/c1-16(2)20(18,19)15-5-3-4-14(10-15)13-8-6-12(11-17)7-9-13;1-15-19(17,18)14-4-2-3-13(9-14)12-7-5-11(10-16)6-8-12/h3-11H,1-2H3;2-10,15H,1H3. The van der Waals surface area contributed by atoms with Crippen molar-refractivity contribution < 1.29 is 26.4 Å². The molecule has 0 saturated heterocycles. The molecule has 0 spiro atoms. The van der Waals surface area contributed by atoms with E-state index in [0.717, 1.165) is 34.8 Å². The zero-order chi connectivity index (χ0) is 28.6. The molecule has 202 valence electrons. The molecule has 0 aliphatic carbocycles. The van der Waals surface area contributed by atoms with Crippen molar-refractivity contribution in [3.63, 3.8) is 0 Å². The molecule has 0 aliphatic heterocycles. The number of hydrogen-bond acceptors (Lipinski definition) is 6. The minimum atomic E-state index is -3.45. The summed E-state index contributed by atoms with van der Waals surface area (Å²) in [7, 11) is -2.51. The molecule has 39 heavy (non-hydrogen) atoms. The van der Waals surface area contributed by atoms with Crippen molar-refractivity contribution in [2.75, 3.05) is 21.1 Å². The normalized spacial score (nSPS) is 11.4. The summed E-state index contributed by atoms with van der Waals surface area (Å²) in [6, 6.07) is 27.4. The first kappa shape index (κ1) is 29.6. The second-order valence-corrected chi connectivity index (χ2v) is 12.6. The predicted octanol–water partition coefficient (Wildman–Crippen LogP) is 4.49. The minimum Gasteiger partial charge on any atom is -0.298 e. The van der Waals surface area contributed by atoms with Gasteiger partial charge in [0.25, 0.3) is 0 Å². The average Bonchev–Trinajstić information content (AvgIpc) is 2.97. The van der Waals surface area contributed by atoms with Gasteiger partial charge in [-0.25, -0.2) is 25.9 Å². The summed E-state index contributed by atoms with van der Waals surface area (Å²) in [6.45, 7) is 0. The number of aldehydes is 2. The van der Waals surface area contributed by atoms with Crippen LogP contribution in [0, 0.1) is 0 Å². The van der Waals surface area contributed by atoms with Gasteiger partial charge >= 0.3 is 0 Å². The molecular weight excluding hydrogens is 536 g/mol. The lowest BCUT2D eigenvalue weighted by atomic mass is 10.0. The van der Waals surface area contributed by atoms with E-state index in [1.807, 2.05) is 12.1 Å². The molecule has 1 N–H and O–H groups in total. The van der Waals surface area contributed by atoms with Crippen molar-refractivity contribution in [3.8, 4) is 22.3 Å². The molecule has 0 bridgehead atoms. The molecule has 0 saturated carbocycles. The van der Waals surface area contributed by atoms with E-state index in [9.17, 15) is 26.4 Å². The zero-order valence-electron chi connectivity index (χ0n) is 21.6. The Kier molecular flexibility index (Phi) is 9.66. The quantitative estimate of drug-likeness (QED) is 0.315. The number of rotatable bonds is 8. The van der Waals surface area contributed by atoms with Crippen molar-refractivity contribution in [2.45, 2.75) is 9.79 Å². The van der Waals surface area contributed by atoms with E-state index in [2.05, 4.69) is 4.72 Å². The fourth-order valence-electron chi connectivity index (χ4n) is 3.52. The average molecular weight is 565 g/mol. The van der Waals surface area contributed by atoms with Crippen LogP contribution in [0.25, 0.3) is 22.3 Å². The third-order valence-electron chi connectivity index (χ3n) is 5.79. The van der Waals surface area contributed by atoms with Gasteiger partial charge in [0, 0.05) is 25.2 Å². The van der Waals surface area contributed by atoms with Crippen LogP contribution in [0.3, 0.4) is 0 Å². The second kappa shape index (κ2) is 12.7. The summed E-state index contributed by atoms with van der Waals surface area (Å²) < 4.78 is 51.1. The fraction of sp³-hybridized carbons (Fsp3) is 0.103. The van der Waals surface area contributed by atoms with Gasteiger partial charge in [-0.1, -0.05) is 72.8 Å². The lowest BCUT2D eigenvalue weighted by Gasteiger charge is -2.12. The van der Waals surface area contributed by atoms with E-state index in [0.29, 0.717) is 11.1 Å². The SMILES string of the molecule is CN(C)S(=O)(=O)c1cccc(-c2ccc(C=O)cc2)c1.CNS(=O)(=O)c1cccc(-c2ccc(C=O)cc2)c1. The number of nitrogens with one attached hydrogen (secondary N) is 1. The van der Waals surface area contributed by atoms with E-state index < -0.39 is 20.0 Å². The highest BCUT2D eigenvalue weighted by Gasteiger charge is 2.17. The van der Waals surface area contributed by atoms with Crippen molar-refractivity contribution in [2.24, 2.45) is 0 Å². The first-order valence-electron chi connectivity index (χ1n) is 11.7. The largest absolute Gasteiger partial charge is 0.298 e. The molecule has 0 aliphatic rings. The Hall–Kier alpha value is -3.96. The van der Waals surface area contributed by atoms with Crippen LogP contribution in [0.2, 0.25) is 0 Å². The van der Waals surface area contributed by atoms with Crippen LogP contribution in [0.5, 0.6) is 0 Å². The molecular formula is C29H28N2O6S2. The third-order valence-corrected chi connectivity index (χ3v) is 9.01. The molecule has 0 aromatic heterocycles. The van der Waals surface area contributed by atoms with Crippen LogP contribution < -0.4 is 4.72 Å². The number of nitrogens with zero attached hydrogens (tertiary/aromatic N) is 1. The number of carbonyl (C=O) groups excluding carboxylic acids is 2. The number of hydrogen-bond donors (Lipinski definition) is 1. The first-order chi connectivity index (χ1) is 18.5. The van der Waals surface area contributed by atoms with Gasteiger partial charge < -0.3 is 0 Å².